The molecule has 1 fully saturated rings. The predicted octanol–water partition coefficient (Wildman–Crippen LogP) is 0.539. The molecule has 0 spiro atoms. The molecule has 0 unspecified atom stereocenters. The fourth-order valence-corrected chi connectivity index (χ4v) is 1.97. The number of hydrogen-bond donors (Lipinski definition) is 1. The Labute approximate surface area is 99.0 Å². The monoisotopic (exact) mass is 227 g/mol. The number of nitrogens with one attached hydrogen (secondary N) is 1. The van der Waals surface area contributed by atoms with Gasteiger partial charge in [-0.25, -0.2) is 0 Å². The van der Waals surface area contributed by atoms with Crippen LogP contribution in [0.2, 0.25) is 0 Å². The van der Waals surface area contributed by atoms with Gasteiger partial charge >= 0.3 is 0 Å². The van der Waals surface area contributed by atoms with Gasteiger partial charge in [0, 0.05) is 32.2 Å². The topological polar surface area (TPSA) is 35.6 Å². The van der Waals surface area contributed by atoms with Crippen molar-refractivity contribution < 1.29 is 4.79 Å². The smallest absolute Gasteiger partial charge is 0.236 e. The molecule has 0 atom stereocenters. The highest BCUT2D eigenvalue weighted by molar-refractivity contribution is 5.78. The quantitative estimate of drug-likeness (QED) is 0.696. The van der Waals surface area contributed by atoms with Crippen molar-refractivity contribution in [1.82, 2.24) is 15.1 Å². The Balaban J connectivity index is 2.22. The second kappa shape index (κ2) is 6.86. The van der Waals surface area contributed by atoms with Gasteiger partial charge in [-0.05, 0) is 26.8 Å². The number of carbonyl (C=O) groups excluding carboxylic acids is 1. The van der Waals surface area contributed by atoms with Gasteiger partial charge in [-0.1, -0.05) is 6.92 Å². The van der Waals surface area contributed by atoms with Crippen molar-refractivity contribution in [3.8, 4) is 0 Å². The molecular weight excluding hydrogens is 202 g/mol. The van der Waals surface area contributed by atoms with E-state index in [0.717, 1.165) is 39.1 Å². The van der Waals surface area contributed by atoms with Crippen LogP contribution in [0.5, 0.6) is 0 Å². The number of rotatable bonds is 5. The van der Waals surface area contributed by atoms with E-state index in [1.165, 1.54) is 0 Å². The third kappa shape index (κ3) is 4.10. The zero-order valence-electron chi connectivity index (χ0n) is 10.8. The number of piperazine rings is 1. The third-order valence-electron chi connectivity index (χ3n) is 3.10. The summed E-state index contributed by atoms with van der Waals surface area (Å²) in [5.74, 6) is 0.247. The highest BCUT2D eigenvalue weighted by Crippen LogP contribution is 2.05. The molecule has 1 amide bonds. The van der Waals surface area contributed by atoms with Gasteiger partial charge in [-0.2, -0.15) is 0 Å². The van der Waals surface area contributed by atoms with Crippen LogP contribution in [-0.2, 0) is 4.79 Å². The van der Waals surface area contributed by atoms with Gasteiger partial charge in [0.15, 0.2) is 0 Å². The van der Waals surface area contributed by atoms with E-state index in [0.29, 0.717) is 12.6 Å². The van der Waals surface area contributed by atoms with Crippen LogP contribution >= 0.6 is 0 Å². The summed E-state index contributed by atoms with van der Waals surface area (Å²) in [6.45, 7) is 11.7. The first-order chi connectivity index (χ1) is 7.65. The van der Waals surface area contributed by atoms with E-state index in [4.69, 9.17) is 0 Å². The minimum Gasteiger partial charge on any atom is -0.339 e. The molecule has 0 bridgehead atoms. The van der Waals surface area contributed by atoms with Crippen molar-refractivity contribution in [3.63, 3.8) is 0 Å². The molecule has 0 aliphatic carbocycles. The van der Waals surface area contributed by atoms with Gasteiger partial charge in [0.25, 0.3) is 0 Å². The van der Waals surface area contributed by atoms with Gasteiger partial charge in [-0.3, -0.25) is 9.69 Å². The van der Waals surface area contributed by atoms with Crippen molar-refractivity contribution in [2.45, 2.75) is 33.2 Å². The fourth-order valence-electron chi connectivity index (χ4n) is 1.97. The van der Waals surface area contributed by atoms with E-state index < -0.39 is 0 Å². The molecule has 1 aliphatic heterocycles. The zero-order valence-corrected chi connectivity index (χ0v) is 10.8. The second-order valence-corrected chi connectivity index (χ2v) is 4.69. The van der Waals surface area contributed by atoms with E-state index in [1.54, 1.807) is 0 Å². The summed E-state index contributed by atoms with van der Waals surface area (Å²) in [5, 5.41) is 3.16. The standard InChI is InChI=1S/C12H25N3O/c1-4-5-13-10-12(16)15-8-6-14(7-9-15)11(2)3/h11,13H,4-10H2,1-3H3. The molecule has 0 aromatic rings. The lowest BCUT2D eigenvalue weighted by Gasteiger charge is -2.37. The van der Waals surface area contributed by atoms with Crippen LogP contribution in [0.1, 0.15) is 27.2 Å². The molecule has 1 rings (SSSR count). The lowest BCUT2D eigenvalue weighted by Crippen LogP contribution is -2.52. The van der Waals surface area contributed by atoms with E-state index in [2.05, 4.69) is 31.0 Å². The minimum atomic E-state index is 0.247. The maximum absolute atomic E-state index is 11.8. The van der Waals surface area contributed by atoms with Crippen molar-refractivity contribution >= 4 is 5.91 Å². The molecule has 16 heavy (non-hydrogen) atoms. The lowest BCUT2D eigenvalue weighted by atomic mass is 10.2. The van der Waals surface area contributed by atoms with Crippen LogP contribution in [0.25, 0.3) is 0 Å². The Hall–Kier alpha value is -0.610. The number of nitrogens with zero attached hydrogens (tertiary/aromatic N) is 2. The molecule has 1 saturated heterocycles. The molecule has 0 saturated carbocycles. The average Bonchev–Trinajstić information content (AvgIpc) is 2.29. The lowest BCUT2D eigenvalue weighted by molar-refractivity contribution is -0.132. The second-order valence-electron chi connectivity index (χ2n) is 4.69. The van der Waals surface area contributed by atoms with Gasteiger partial charge < -0.3 is 10.2 Å². The molecular formula is C12H25N3O. The summed E-state index contributed by atoms with van der Waals surface area (Å²) in [6.07, 6.45) is 1.08. The first kappa shape index (κ1) is 13.5. The van der Waals surface area contributed by atoms with E-state index in [1.807, 2.05) is 4.90 Å². The van der Waals surface area contributed by atoms with Crippen LogP contribution in [-0.4, -0.2) is 61.0 Å². The molecule has 94 valence electrons. The van der Waals surface area contributed by atoms with Crippen molar-refractivity contribution in [2.75, 3.05) is 39.3 Å². The van der Waals surface area contributed by atoms with Crippen molar-refractivity contribution in [3.05, 3.63) is 0 Å². The van der Waals surface area contributed by atoms with Gasteiger partial charge in [0.05, 0.1) is 6.54 Å². The first-order valence-electron chi connectivity index (χ1n) is 6.37. The highest BCUT2D eigenvalue weighted by Gasteiger charge is 2.21. The Morgan fingerprint density at radius 1 is 1.25 bits per heavy atom. The SMILES string of the molecule is CCCNCC(=O)N1CCN(C(C)C)CC1. The summed E-state index contributed by atoms with van der Waals surface area (Å²) < 4.78 is 0. The molecule has 4 nitrogen and oxygen atoms in total. The zero-order chi connectivity index (χ0) is 12.0. The summed E-state index contributed by atoms with van der Waals surface area (Å²) in [6, 6.07) is 0.593. The van der Waals surface area contributed by atoms with Crippen molar-refractivity contribution in [1.29, 1.82) is 0 Å². The Kier molecular flexibility index (Phi) is 5.77. The number of hydrogen-bond acceptors (Lipinski definition) is 3. The van der Waals surface area contributed by atoms with Crippen LogP contribution in [0.4, 0.5) is 0 Å². The molecule has 0 aromatic carbocycles. The normalized spacial score (nSPS) is 18.1. The molecule has 1 aliphatic rings. The summed E-state index contributed by atoms with van der Waals surface area (Å²) in [5.41, 5.74) is 0. The van der Waals surface area contributed by atoms with E-state index in [9.17, 15) is 4.79 Å². The third-order valence-corrected chi connectivity index (χ3v) is 3.10. The van der Waals surface area contributed by atoms with Gasteiger partial charge in [0.1, 0.15) is 0 Å². The van der Waals surface area contributed by atoms with Crippen LogP contribution in [0.3, 0.4) is 0 Å². The Morgan fingerprint density at radius 3 is 2.38 bits per heavy atom. The number of amides is 1. The Bertz CT molecular complexity index is 210. The van der Waals surface area contributed by atoms with Crippen LogP contribution < -0.4 is 5.32 Å². The first-order valence-corrected chi connectivity index (χ1v) is 6.37. The van der Waals surface area contributed by atoms with Crippen LogP contribution in [0, 0.1) is 0 Å². The largest absolute Gasteiger partial charge is 0.339 e. The van der Waals surface area contributed by atoms with Crippen LogP contribution in [0.15, 0.2) is 0 Å². The summed E-state index contributed by atoms with van der Waals surface area (Å²) in [7, 11) is 0. The fraction of sp³-hybridized carbons (Fsp3) is 0.917. The molecule has 0 aromatic heterocycles. The average molecular weight is 227 g/mol. The van der Waals surface area contributed by atoms with Crippen molar-refractivity contribution in [2.24, 2.45) is 0 Å². The molecule has 1 N–H and O–H groups in total. The molecule has 4 heteroatoms. The molecule has 0 radical (unpaired) electrons. The molecule has 1 heterocycles. The maximum atomic E-state index is 11.8. The minimum absolute atomic E-state index is 0.247. The Morgan fingerprint density at radius 2 is 1.88 bits per heavy atom. The van der Waals surface area contributed by atoms with E-state index in [-0.39, 0.29) is 5.91 Å². The summed E-state index contributed by atoms with van der Waals surface area (Å²) >= 11 is 0. The predicted molar refractivity (Wildman–Crippen MR) is 66.4 cm³/mol. The number of carbonyl (C=O) groups is 1. The van der Waals surface area contributed by atoms with E-state index >= 15 is 0 Å². The van der Waals surface area contributed by atoms with Gasteiger partial charge in [0.2, 0.25) is 5.91 Å². The maximum Gasteiger partial charge on any atom is 0.236 e. The highest BCUT2D eigenvalue weighted by atomic mass is 16.2. The van der Waals surface area contributed by atoms with Gasteiger partial charge in [-0.15, -0.1) is 0 Å². The summed E-state index contributed by atoms with van der Waals surface area (Å²) in [4.78, 5) is 16.2.